The standard InChI is InChI=1S/C22H27N3O2/c1-4-14-25-19-10-6-5-9-18(19)24-21(25)12-13-23-22(26)15-27-20-11-7-8-16(2)17(20)3/h5-11H,4,12-15H2,1-3H3,(H,23,26). The van der Waals surface area contributed by atoms with Crippen LogP contribution >= 0.6 is 0 Å². The van der Waals surface area contributed by atoms with E-state index in [4.69, 9.17) is 9.72 Å². The first kappa shape index (κ1) is 19.0. The monoisotopic (exact) mass is 365 g/mol. The molecule has 1 amide bonds. The molecule has 5 nitrogen and oxygen atoms in total. The highest BCUT2D eigenvalue weighted by atomic mass is 16.5. The average Bonchev–Trinajstić information content (AvgIpc) is 3.01. The van der Waals surface area contributed by atoms with E-state index in [0.29, 0.717) is 13.0 Å². The highest BCUT2D eigenvalue weighted by molar-refractivity contribution is 5.78. The number of imidazole rings is 1. The Kier molecular flexibility index (Phi) is 6.12. The Morgan fingerprint density at radius 1 is 1.15 bits per heavy atom. The Hall–Kier alpha value is -2.82. The normalized spacial score (nSPS) is 10.9. The summed E-state index contributed by atoms with van der Waals surface area (Å²) in [6.45, 7) is 7.69. The predicted molar refractivity (Wildman–Crippen MR) is 108 cm³/mol. The van der Waals surface area contributed by atoms with Crippen molar-refractivity contribution in [1.82, 2.24) is 14.9 Å². The second-order valence-electron chi connectivity index (χ2n) is 6.76. The molecule has 2 aromatic carbocycles. The quantitative estimate of drug-likeness (QED) is 0.661. The minimum Gasteiger partial charge on any atom is -0.483 e. The molecule has 5 heteroatoms. The maximum Gasteiger partial charge on any atom is 0.257 e. The minimum absolute atomic E-state index is 0.0235. The van der Waals surface area contributed by atoms with Crippen molar-refractivity contribution in [2.45, 2.75) is 40.2 Å². The number of ether oxygens (including phenoxy) is 1. The Labute approximate surface area is 160 Å². The van der Waals surface area contributed by atoms with E-state index in [0.717, 1.165) is 46.7 Å². The van der Waals surface area contributed by atoms with E-state index >= 15 is 0 Å². The lowest BCUT2D eigenvalue weighted by molar-refractivity contribution is -0.123. The van der Waals surface area contributed by atoms with Crippen molar-refractivity contribution in [3.8, 4) is 5.75 Å². The lowest BCUT2D eigenvalue weighted by Crippen LogP contribution is -2.31. The molecule has 0 atom stereocenters. The molecule has 0 aliphatic carbocycles. The molecule has 27 heavy (non-hydrogen) atoms. The number of carbonyl (C=O) groups is 1. The number of nitrogens with one attached hydrogen (secondary N) is 1. The molecular formula is C22H27N3O2. The molecule has 142 valence electrons. The van der Waals surface area contributed by atoms with Gasteiger partial charge in [-0.25, -0.2) is 4.98 Å². The van der Waals surface area contributed by atoms with E-state index in [1.165, 1.54) is 0 Å². The topological polar surface area (TPSA) is 56.2 Å². The summed E-state index contributed by atoms with van der Waals surface area (Å²) in [5.74, 6) is 1.65. The van der Waals surface area contributed by atoms with E-state index < -0.39 is 0 Å². The molecule has 0 spiro atoms. The number of hydrogen-bond donors (Lipinski definition) is 1. The summed E-state index contributed by atoms with van der Waals surface area (Å²) < 4.78 is 7.90. The number of carbonyl (C=O) groups excluding carboxylic acids is 1. The van der Waals surface area contributed by atoms with Crippen LogP contribution in [0.1, 0.15) is 30.3 Å². The van der Waals surface area contributed by atoms with Gasteiger partial charge in [0.1, 0.15) is 11.6 Å². The highest BCUT2D eigenvalue weighted by Crippen LogP contribution is 2.20. The summed E-state index contributed by atoms with van der Waals surface area (Å²) in [7, 11) is 0. The number of para-hydroxylation sites is 2. The number of rotatable bonds is 8. The zero-order chi connectivity index (χ0) is 19.2. The summed E-state index contributed by atoms with van der Waals surface area (Å²) in [4.78, 5) is 16.8. The smallest absolute Gasteiger partial charge is 0.257 e. The Morgan fingerprint density at radius 2 is 1.96 bits per heavy atom. The van der Waals surface area contributed by atoms with Crippen molar-refractivity contribution in [1.29, 1.82) is 0 Å². The largest absolute Gasteiger partial charge is 0.483 e. The van der Waals surface area contributed by atoms with E-state index in [1.54, 1.807) is 0 Å². The van der Waals surface area contributed by atoms with Crippen LogP contribution in [-0.2, 0) is 17.8 Å². The highest BCUT2D eigenvalue weighted by Gasteiger charge is 2.11. The Balaban J connectivity index is 1.55. The van der Waals surface area contributed by atoms with Crippen LogP contribution in [0.4, 0.5) is 0 Å². The summed E-state index contributed by atoms with van der Waals surface area (Å²) in [6.07, 6.45) is 1.74. The number of fused-ring (bicyclic) bond motifs is 1. The molecular weight excluding hydrogens is 338 g/mol. The molecule has 1 aromatic heterocycles. The molecule has 0 fully saturated rings. The fraction of sp³-hybridized carbons (Fsp3) is 0.364. The molecule has 3 aromatic rings. The van der Waals surface area contributed by atoms with Crippen molar-refractivity contribution < 1.29 is 9.53 Å². The van der Waals surface area contributed by atoms with Gasteiger partial charge < -0.3 is 14.6 Å². The van der Waals surface area contributed by atoms with Crippen molar-refractivity contribution in [3.05, 3.63) is 59.4 Å². The van der Waals surface area contributed by atoms with Crippen LogP contribution in [0, 0.1) is 13.8 Å². The van der Waals surface area contributed by atoms with Gasteiger partial charge in [-0.3, -0.25) is 4.79 Å². The zero-order valence-corrected chi connectivity index (χ0v) is 16.3. The Morgan fingerprint density at radius 3 is 2.78 bits per heavy atom. The number of amides is 1. The van der Waals surface area contributed by atoms with E-state index in [2.05, 4.69) is 22.9 Å². The molecule has 3 rings (SSSR count). The van der Waals surface area contributed by atoms with Crippen molar-refractivity contribution in [2.24, 2.45) is 0 Å². The van der Waals surface area contributed by atoms with Gasteiger partial charge in [-0.2, -0.15) is 0 Å². The van der Waals surface area contributed by atoms with Gasteiger partial charge in [0.25, 0.3) is 5.91 Å². The van der Waals surface area contributed by atoms with Gasteiger partial charge in [0, 0.05) is 19.5 Å². The fourth-order valence-corrected chi connectivity index (χ4v) is 3.18. The van der Waals surface area contributed by atoms with Gasteiger partial charge in [0.05, 0.1) is 11.0 Å². The Bertz CT molecular complexity index is 930. The van der Waals surface area contributed by atoms with E-state index in [9.17, 15) is 4.79 Å². The molecule has 1 heterocycles. The van der Waals surface area contributed by atoms with Crippen LogP contribution in [0.2, 0.25) is 0 Å². The summed E-state index contributed by atoms with van der Waals surface area (Å²) in [5.41, 5.74) is 4.38. The van der Waals surface area contributed by atoms with Crippen LogP contribution in [0.5, 0.6) is 5.75 Å². The second kappa shape index (κ2) is 8.71. The van der Waals surface area contributed by atoms with Gasteiger partial charge in [-0.15, -0.1) is 0 Å². The number of hydrogen-bond acceptors (Lipinski definition) is 3. The van der Waals surface area contributed by atoms with Gasteiger partial charge in [0.2, 0.25) is 0 Å². The lowest BCUT2D eigenvalue weighted by atomic mass is 10.1. The van der Waals surface area contributed by atoms with Gasteiger partial charge >= 0.3 is 0 Å². The zero-order valence-electron chi connectivity index (χ0n) is 16.3. The average molecular weight is 365 g/mol. The van der Waals surface area contributed by atoms with Crippen molar-refractivity contribution in [2.75, 3.05) is 13.2 Å². The lowest BCUT2D eigenvalue weighted by Gasteiger charge is -2.11. The van der Waals surface area contributed by atoms with E-state index in [1.807, 2.05) is 50.2 Å². The van der Waals surface area contributed by atoms with Gasteiger partial charge in [0.15, 0.2) is 6.61 Å². The first-order chi connectivity index (χ1) is 13.1. The van der Waals surface area contributed by atoms with Crippen molar-refractivity contribution in [3.63, 3.8) is 0 Å². The van der Waals surface area contributed by atoms with E-state index in [-0.39, 0.29) is 12.5 Å². The molecule has 0 unspecified atom stereocenters. The maximum absolute atomic E-state index is 12.1. The molecule has 1 N–H and O–H groups in total. The molecule has 0 aliphatic heterocycles. The van der Waals surface area contributed by atoms with Crippen LogP contribution < -0.4 is 10.1 Å². The SMILES string of the molecule is CCCn1c(CCNC(=O)COc2cccc(C)c2C)nc2ccccc21. The third-order valence-corrected chi connectivity index (χ3v) is 4.77. The predicted octanol–water partition coefficient (Wildman–Crippen LogP) is 3.80. The van der Waals surface area contributed by atoms with Crippen LogP contribution in [0.15, 0.2) is 42.5 Å². The van der Waals surface area contributed by atoms with Crippen LogP contribution in [0.25, 0.3) is 11.0 Å². The first-order valence-corrected chi connectivity index (χ1v) is 9.50. The molecule has 0 aliphatic rings. The van der Waals surface area contributed by atoms with Crippen molar-refractivity contribution >= 4 is 16.9 Å². The third-order valence-electron chi connectivity index (χ3n) is 4.77. The summed E-state index contributed by atoms with van der Waals surface area (Å²) in [5, 5.41) is 2.93. The number of aryl methyl sites for hydroxylation is 2. The van der Waals surface area contributed by atoms with Gasteiger partial charge in [-0.1, -0.05) is 31.2 Å². The molecule has 0 saturated heterocycles. The van der Waals surface area contributed by atoms with Crippen LogP contribution in [-0.4, -0.2) is 28.6 Å². The summed E-state index contributed by atoms with van der Waals surface area (Å²) >= 11 is 0. The third kappa shape index (κ3) is 4.48. The second-order valence-corrected chi connectivity index (χ2v) is 6.76. The molecule has 0 radical (unpaired) electrons. The molecule has 0 saturated carbocycles. The maximum atomic E-state index is 12.1. The van der Waals surface area contributed by atoms with Crippen LogP contribution in [0.3, 0.4) is 0 Å². The molecule has 0 bridgehead atoms. The number of benzene rings is 2. The minimum atomic E-state index is -0.117. The fourth-order valence-electron chi connectivity index (χ4n) is 3.18. The first-order valence-electron chi connectivity index (χ1n) is 9.50. The van der Waals surface area contributed by atoms with Gasteiger partial charge in [-0.05, 0) is 49.6 Å². The number of aromatic nitrogens is 2. The number of nitrogens with zero attached hydrogens (tertiary/aromatic N) is 2. The summed E-state index contributed by atoms with van der Waals surface area (Å²) in [6, 6.07) is 14.0.